The Bertz CT molecular complexity index is 1070. The number of carbonyl (C=O) groups excluding carboxylic acids is 2. The van der Waals surface area contributed by atoms with Crippen LogP contribution in [0, 0.1) is 6.92 Å². The molecule has 7 nitrogen and oxygen atoms in total. The summed E-state index contributed by atoms with van der Waals surface area (Å²) >= 11 is 12.2. The number of rotatable bonds is 9. The van der Waals surface area contributed by atoms with Gasteiger partial charge in [0.1, 0.15) is 0 Å². The average Bonchev–Trinajstić information content (AvgIpc) is 2.68. The fraction of sp³-hybridized carbons (Fsp3) is 0.333. The van der Waals surface area contributed by atoms with E-state index in [1.165, 1.54) is 22.5 Å². The molecule has 0 saturated carbocycles. The summed E-state index contributed by atoms with van der Waals surface area (Å²) in [6.45, 7) is 3.85. The van der Waals surface area contributed by atoms with E-state index >= 15 is 0 Å². The number of amides is 1. The number of ether oxygens (including phenoxy) is 1. The van der Waals surface area contributed by atoms with Crippen molar-refractivity contribution in [3.05, 3.63) is 57.6 Å². The quantitative estimate of drug-likeness (QED) is 0.520. The summed E-state index contributed by atoms with van der Waals surface area (Å²) in [6.07, 6.45) is 1.46. The first-order chi connectivity index (χ1) is 14.5. The van der Waals surface area contributed by atoms with Crippen LogP contribution in [0.1, 0.15) is 35.7 Å². The average molecular weight is 487 g/mol. The summed E-state index contributed by atoms with van der Waals surface area (Å²) in [7, 11) is -3.56. The van der Waals surface area contributed by atoms with E-state index in [1.807, 2.05) is 0 Å². The Labute approximate surface area is 192 Å². The minimum absolute atomic E-state index is 0.0710. The predicted octanol–water partition coefficient (Wildman–Crippen LogP) is 4.66. The summed E-state index contributed by atoms with van der Waals surface area (Å²) in [5, 5.41) is 3.29. The van der Waals surface area contributed by atoms with Gasteiger partial charge in [-0.1, -0.05) is 29.3 Å². The Kier molecular flexibility index (Phi) is 8.73. The van der Waals surface area contributed by atoms with Crippen molar-refractivity contribution in [2.45, 2.75) is 26.7 Å². The minimum Gasteiger partial charge on any atom is -0.462 e. The Balaban J connectivity index is 2.01. The summed E-state index contributed by atoms with van der Waals surface area (Å²) < 4.78 is 30.7. The van der Waals surface area contributed by atoms with Crippen LogP contribution in [0.5, 0.6) is 0 Å². The number of sulfonamides is 1. The van der Waals surface area contributed by atoms with Gasteiger partial charge < -0.3 is 10.1 Å². The second kappa shape index (κ2) is 10.8. The van der Waals surface area contributed by atoms with Crippen LogP contribution in [0.25, 0.3) is 0 Å². The van der Waals surface area contributed by atoms with Gasteiger partial charge in [0.25, 0.3) is 0 Å². The lowest BCUT2D eigenvalue weighted by Crippen LogP contribution is -2.32. The Morgan fingerprint density at radius 2 is 1.84 bits per heavy atom. The SMILES string of the molecule is CCOC(=O)c1ccc(NC(=O)CCCN(c2cc(Cl)ccc2C)S(C)(=O)=O)c(Cl)c1. The third-order valence-electron chi connectivity index (χ3n) is 4.36. The van der Waals surface area contributed by atoms with Crippen LogP contribution >= 0.6 is 23.2 Å². The van der Waals surface area contributed by atoms with E-state index in [1.54, 1.807) is 32.0 Å². The van der Waals surface area contributed by atoms with Crippen molar-refractivity contribution in [2.24, 2.45) is 0 Å². The maximum absolute atomic E-state index is 12.3. The van der Waals surface area contributed by atoms with E-state index in [-0.39, 0.29) is 42.5 Å². The number of nitrogens with one attached hydrogen (secondary N) is 1. The van der Waals surface area contributed by atoms with Gasteiger partial charge in [0, 0.05) is 18.0 Å². The molecule has 10 heteroatoms. The van der Waals surface area contributed by atoms with Gasteiger partial charge in [0.2, 0.25) is 15.9 Å². The lowest BCUT2D eigenvalue weighted by molar-refractivity contribution is -0.116. The van der Waals surface area contributed by atoms with Gasteiger partial charge in [-0.05, 0) is 56.2 Å². The zero-order valence-electron chi connectivity index (χ0n) is 17.4. The molecule has 0 saturated heterocycles. The van der Waals surface area contributed by atoms with Crippen molar-refractivity contribution in [1.29, 1.82) is 0 Å². The van der Waals surface area contributed by atoms with Crippen LogP contribution < -0.4 is 9.62 Å². The van der Waals surface area contributed by atoms with Crippen molar-refractivity contribution in [3.8, 4) is 0 Å². The van der Waals surface area contributed by atoms with E-state index in [2.05, 4.69) is 5.32 Å². The van der Waals surface area contributed by atoms with Gasteiger partial charge >= 0.3 is 5.97 Å². The first-order valence-corrected chi connectivity index (χ1v) is 12.1. The molecule has 0 aliphatic heterocycles. The molecule has 0 aliphatic rings. The number of nitrogens with zero attached hydrogens (tertiary/aromatic N) is 1. The fourth-order valence-corrected chi connectivity index (χ4v) is 4.28. The Hall–Kier alpha value is -2.29. The summed E-state index contributed by atoms with van der Waals surface area (Å²) in [5.41, 5.74) is 1.87. The van der Waals surface area contributed by atoms with Crippen molar-refractivity contribution in [3.63, 3.8) is 0 Å². The highest BCUT2D eigenvalue weighted by Crippen LogP contribution is 2.27. The lowest BCUT2D eigenvalue weighted by atomic mass is 10.2. The van der Waals surface area contributed by atoms with E-state index < -0.39 is 16.0 Å². The topological polar surface area (TPSA) is 92.8 Å². The van der Waals surface area contributed by atoms with Crippen LogP contribution in [0.4, 0.5) is 11.4 Å². The van der Waals surface area contributed by atoms with Crippen molar-refractivity contribution in [2.75, 3.05) is 29.0 Å². The molecule has 0 fully saturated rings. The van der Waals surface area contributed by atoms with Crippen LogP contribution in [-0.2, 0) is 19.6 Å². The van der Waals surface area contributed by atoms with Gasteiger partial charge in [-0.25, -0.2) is 13.2 Å². The van der Waals surface area contributed by atoms with E-state index in [4.69, 9.17) is 27.9 Å². The van der Waals surface area contributed by atoms with Crippen LogP contribution in [0.15, 0.2) is 36.4 Å². The number of esters is 1. The van der Waals surface area contributed by atoms with Gasteiger partial charge in [-0.3, -0.25) is 9.10 Å². The van der Waals surface area contributed by atoms with Gasteiger partial charge in [0.05, 0.1) is 34.8 Å². The van der Waals surface area contributed by atoms with Crippen LogP contribution in [-0.4, -0.2) is 39.7 Å². The second-order valence-corrected chi connectivity index (χ2v) is 9.58. The number of anilines is 2. The summed E-state index contributed by atoms with van der Waals surface area (Å²) in [6, 6.07) is 9.46. The Morgan fingerprint density at radius 1 is 1.13 bits per heavy atom. The first kappa shape index (κ1) is 25.0. The smallest absolute Gasteiger partial charge is 0.338 e. The van der Waals surface area contributed by atoms with E-state index in [9.17, 15) is 18.0 Å². The zero-order chi connectivity index (χ0) is 23.2. The maximum Gasteiger partial charge on any atom is 0.338 e. The number of benzene rings is 2. The highest BCUT2D eigenvalue weighted by Gasteiger charge is 2.20. The number of hydrogen-bond donors (Lipinski definition) is 1. The third kappa shape index (κ3) is 7.12. The molecule has 31 heavy (non-hydrogen) atoms. The summed E-state index contributed by atoms with van der Waals surface area (Å²) in [4.78, 5) is 24.1. The number of aryl methyl sites for hydroxylation is 1. The molecule has 2 rings (SSSR count). The maximum atomic E-state index is 12.3. The number of hydrogen-bond acceptors (Lipinski definition) is 5. The molecule has 1 amide bonds. The van der Waals surface area contributed by atoms with Crippen LogP contribution in [0.2, 0.25) is 10.0 Å². The second-order valence-electron chi connectivity index (χ2n) is 6.83. The molecule has 0 atom stereocenters. The van der Waals surface area contributed by atoms with Gasteiger partial charge in [-0.15, -0.1) is 0 Å². The number of halogens is 2. The Morgan fingerprint density at radius 3 is 2.45 bits per heavy atom. The molecule has 2 aromatic carbocycles. The molecule has 1 N–H and O–H groups in total. The van der Waals surface area contributed by atoms with Crippen LogP contribution in [0.3, 0.4) is 0 Å². The molecular formula is C21H24Cl2N2O5S. The fourth-order valence-electron chi connectivity index (χ4n) is 2.87. The molecule has 0 heterocycles. The van der Waals surface area contributed by atoms with E-state index in [0.717, 1.165) is 11.8 Å². The molecule has 0 aromatic heterocycles. The lowest BCUT2D eigenvalue weighted by Gasteiger charge is -2.24. The standard InChI is InChI=1S/C21H24Cl2N2O5S/c1-4-30-21(27)15-8-10-18(17(23)12-15)24-20(26)6-5-11-25(31(3,28)29)19-13-16(22)9-7-14(19)2/h7-10,12-13H,4-6,11H2,1-3H3,(H,24,26). The molecular weight excluding hydrogens is 463 g/mol. The van der Waals surface area contributed by atoms with Crippen molar-refractivity contribution < 1.29 is 22.7 Å². The molecule has 0 radical (unpaired) electrons. The van der Waals surface area contributed by atoms with Gasteiger partial charge in [0.15, 0.2) is 0 Å². The molecule has 0 aliphatic carbocycles. The molecule has 0 bridgehead atoms. The van der Waals surface area contributed by atoms with Gasteiger partial charge in [-0.2, -0.15) is 0 Å². The predicted molar refractivity (Wildman–Crippen MR) is 124 cm³/mol. The number of carbonyl (C=O) groups is 2. The minimum atomic E-state index is -3.56. The molecule has 168 valence electrons. The van der Waals surface area contributed by atoms with Crippen molar-refractivity contribution in [1.82, 2.24) is 0 Å². The molecule has 2 aromatic rings. The normalized spacial score (nSPS) is 11.1. The highest BCUT2D eigenvalue weighted by atomic mass is 35.5. The molecule has 0 spiro atoms. The third-order valence-corrected chi connectivity index (χ3v) is 6.09. The van der Waals surface area contributed by atoms with Crippen molar-refractivity contribution >= 4 is 56.5 Å². The highest BCUT2D eigenvalue weighted by molar-refractivity contribution is 7.92. The first-order valence-electron chi connectivity index (χ1n) is 9.53. The van der Waals surface area contributed by atoms with E-state index in [0.29, 0.717) is 16.4 Å². The largest absolute Gasteiger partial charge is 0.462 e. The molecule has 0 unspecified atom stereocenters. The summed E-state index contributed by atoms with van der Waals surface area (Å²) in [5.74, 6) is -0.832. The monoisotopic (exact) mass is 486 g/mol. The zero-order valence-corrected chi connectivity index (χ0v) is 19.8.